The number of nitrogens with zero attached hydrogens (tertiary/aromatic N) is 1. The third-order valence-corrected chi connectivity index (χ3v) is 3.27. The van der Waals surface area contributed by atoms with Gasteiger partial charge in [0.1, 0.15) is 11.6 Å². The number of nitrogens with one attached hydrogen (secondary N) is 1. The van der Waals surface area contributed by atoms with Gasteiger partial charge in [0.2, 0.25) is 0 Å². The molecule has 2 rings (SSSR count). The lowest BCUT2D eigenvalue weighted by Gasteiger charge is -2.18. The zero-order valence-electron chi connectivity index (χ0n) is 10.3. The molecule has 100 valence electrons. The Morgan fingerprint density at radius 2 is 2.05 bits per heavy atom. The van der Waals surface area contributed by atoms with Crippen molar-refractivity contribution in [1.82, 2.24) is 4.98 Å². The van der Waals surface area contributed by atoms with Crippen LogP contribution in [0.4, 0.5) is 14.5 Å². The van der Waals surface area contributed by atoms with Crippen LogP contribution in [0.2, 0.25) is 0 Å². The Morgan fingerprint density at radius 3 is 2.63 bits per heavy atom. The molecule has 0 aliphatic heterocycles. The Labute approximate surface area is 119 Å². The molecule has 1 aromatic heterocycles. The quantitative estimate of drug-likeness (QED) is 0.881. The Bertz CT molecular complexity index is 558. The molecule has 0 bridgehead atoms. The fourth-order valence-electron chi connectivity index (χ4n) is 1.77. The summed E-state index contributed by atoms with van der Waals surface area (Å²) in [5.41, 5.74) is 1.09. The Balaban J connectivity index is 2.21. The molecule has 0 spiro atoms. The van der Waals surface area contributed by atoms with E-state index in [2.05, 4.69) is 26.2 Å². The van der Waals surface area contributed by atoms with Crippen LogP contribution in [0.5, 0.6) is 0 Å². The summed E-state index contributed by atoms with van der Waals surface area (Å²) in [7, 11) is 0. The third-order valence-electron chi connectivity index (χ3n) is 2.78. The summed E-state index contributed by atoms with van der Waals surface area (Å²) in [5.74, 6) is -0.719. The highest BCUT2D eigenvalue weighted by Gasteiger charge is 2.13. The van der Waals surface area contributed by atoms with Gasteiger partial charge in [-0.15, -0.1) is 0 Å². The van der Waals surface area contributed by atoms with Crippen molar-refractivity contribution in [2.24, 2.45) is 0 Å². The lowest BCUT2D eigenvalue weighted by Crippen LogP contribution is -2.12. The van der Waals surface area contributed by atoms with E-state index < -0.39 is 0 Å². The summed E-state index contributed by atoms with van der Waals surface area (Å²) in [6, 6.07) is 7.61. The van der Waals surface area contributed by atoms with E-state index in [1.54, 1.807) is 18.2 Å². The van der Waals surface area contributed by atoms with Crippen LogP contribution in [0.3, 0.4) is 0 Å². The molecule has 0 fully saturated rings. The average molecular weight is 327 g/mol. The molecule has 0 amide bonds. The molecule has 2 nitrogen and oxygen atoms in total. The Morgan fingerprint density at radius 1 is 1.26 bits per heavy atom. The highest BCUT2D eigenvalue weighted by molar-refractivity contribution is 9.10. The van der Waals surface area contributed by atoms with Crippen molar-refractivity contribution < 1.29 is 8.78 Å². The smallest absolute Gasteiger partial charge is 0.147 e. The maximum Gasteiger partial charge on any atom is 0.147 e. The molecule has 19 heavy (non-hydrogen) atoms. The van der Waals surface area contributed by atoms with Crippen LogP contribution in [0, 0.1) is 11.6 Å². The number of benzene rings is 1. The maximum absolute atomic E-state index is 13.8. The van der Waals surface area contributed by atoms with Crippen LogP contribution >= 0.6 is 15.9 Å². The third kappa shape index (κ3) is 3.50. The van der Waals surface area contributed by atoms with Crippen LogP contribution in [0.15, 0.2) is 41.0 Å². The molecular weight excluding hydrogens is 314 g/mol. The maximum atomic E-state index is 13.8. The van der Waals surface area contributed by atoms with Crippen LogP contribution < -0.4 is 5.32 Å². The van der Waals surface area contributed by atoms with Crippen molar-refractivity contribution in [3.05, 3.63) is 58.3 Å². The summed E-state index contributed by atoms with van der Waals surface area (Å²) in [6.45, 7) is 1.96. The van der Waals surface area contributed by atoms with Crippen LogP contribution in [0.25, 0.3) is 0 Å². The van der Waals surface area contributed by atoms with Crippen molar-refractivity contribution >= 4 is 21.6 Å². The summed E-state index contributed by atoms with van der Waals surface area (Å²) in [5, 5.41) is 3.08. The average Bonchev–Trinajstić information content (AvgIpc) is 2.39. The lowest BCUT2D eigenvalue weighted by molar-refractivity contribution is 0.609. The predicted molar refractivity (Wildman–Crippen MR) is 74.9 cm³/mol. The zero-order valence-corrected chi connectivity index (χ0v) is 11.9. The number of pyridine rings is 1. The molecular formula is C14H13BrF2N2. The van der Waals surface area contributed by atoms with Gasteiger partial charge in [0.15, 0.2) is 0 Å². The van der Waals surface area contributed by atoms with Gasteiger partial charge < -0.3 is 5.32 Å². The molecule has 0 saturated carbocycles. The Kier molecular flexibility index (Phi) is 4.47. The summed E-state index contributed by atoms with van der Waals surface area (Å²) >= 11 is 3.21. The first-order valence-electron chi connectivity index (χ1n) is 5.93. The molecule has 1 atom stereocenters. The standard InChI is InChI=1S/C14H13BrF2N2/c1-2-12(14-6-4-10(16)8-18-14)19-13-5-3-9(15)7-11(13)17/h3-8,12,19H,2H2,1H3. The van der Waals surface area contributed by atoms with Gasteiger partial charge in [-0.2, -0.15) is 0 Å². The van der Waals surface area contributed by atoms with Gasteiger partial charge in [0.05, 0.1) is 23.6 Å². The van der Waals surface area contributed by atoms with E-state index in [0.717, 1.165) is 6.20 Å². The van der Waals surface area contributed by atoms with Crippen molar-refractivity contribution in [2.75, 3.05) is 5.32 Å². The highest BCUT2D eigenvalue weighted by Crippen LogP contribution is 2.25. The lowest BCUT2D eigenvalue weighted by atomic mass is 10.1. The molecule has 1 unspecified atom stereocenters. The van der Waals surface area contributed by atoms with E-state index in [-0.39, 0.29) is 17.7 Å². The SMILES string of the molecule is CCC(Nc1ccc(Br)cc1F)c1ccc(F)cn1. The molecule has 0 saturated heterocycles. The van der Waals surface area contributed by atoms with Crippen LogP contribution in [-0.4, -0.2) is 4.98 Å². The first kappa shape index (κ1) is 13.9. The number of anilines is 1. The monoisotopic (exact) mass is 326 g/mol. The van der Waals surface area contributed by atoms with Crippen molar-refractivity contribution in [3.8, 4) is 0 Å². The molecule has 0 aliphatic carbocycles. The zero-order chi connectivity index (χ0) is 13.8. The topological polar surface area (TPSA) is 24.9 Å². The predicted octanol–water partition coefficient (Wildman–Crippen LogP) is 4.69. The van der Waals surface area contributed by atoms with Crippen molar-refractivity contribution in [2.45, 2.75) is 19.4 Å². The fraction of sp³-hybridized carbons (Fsp3) is 0.214. The minimum absolute atomic E-state index is 0.156. The van der Waals surface area contributed by atoms with Gasteiger partial charge >= 0.3 is 0 Å². The van der Waals surface area contributed by atoms with E-state index in [9.17, 15) is 8.78 Å². The second kappa shape index (κ2) is 6.10. The number of halogens is 3. The fourth-order valence-corrected chi connectivity index (χ4v) is 2.11. The minimum Gasteiger partial charge on any atom is -0.374 e. The van der Waals surface area contributed by atoms with Crippen LogP contribution in [0.1, 0.15) is 25.1 Å². The van der Waals surface area contributed by atoms with Gasteiger partial charge in [0, 0.05) is 4.47 Å². The van der Waals surface area contributed by atoms with E-state index in [1.165, 1.54) is 12.1 Å². The number of hydrogen-bond acceptors (Lipinski definition) is 2. The normalized spacial score (nSPS) is 12.2. The second-order valence-corrected chi connectivity index (χ2v) is 5.05. The van der Waals surface area contributed by atoms with E-state index in [4.69, 9.17) is 0 Å². The van der Waals surface area contributed by atoms with Gasteiger partial charge in [-0.05, 0) is 36.8 Å². The van der Waals surface area contributed by atoms with Gasteiger partial charge in [-0.3, -0.25) is 4.98 Å². The molecule has 2 aromatic rings. The van der Waals surface area contributed by atoms with Crippen molar-refractivity contribution in [3.63, 3.8) is 0 Å². The second-order valence-electron chi connectivity index (χ2n) is 4.13. The first-order chi connectivity index (χ1) is 9.10. The minimum atomic E-state index is -0.381. The molecule has 0 radical (unpaired) electrons. The van der Waals surface area contributed by atoms with Gasteiger partial charge in [-0.1, -0.05) is 22.9 Å². The molecule has 5 heteroatoms. The highest BCUT2D eigenvalue weighted by atomic mass is 79.9. The molecule has 0 aliphatic rings. The van der Waals surface area contributed by atoms with Crippen LogP contribution in [-0.2, 0) is 0 Å². The van der Waals surface area contributed by atoms with E-state index in [0.29, 0.717) is 22.3 Å². The largest absolute Gasteiger partial charge is 0.374 e. The number of aromatic nitrogens is 1. The van der Waals surface area contributed by atoms with Crippen molar-refractivity contribution in [1.29, 1.82) is 0 Å². The number of hydrogen-bond donors (Lipinski definition) is 1. The first-order valence-corrected chi connectivity index (χ1v) is 6.72. The molecule has 1 heterocycles. The number of rotatable bonds is 4. The van der Waals surface area contributed by atoms with Gasteiger partial charge in [-0.25, -0.2) is 8.78 Å². The molecule has 1 aromatic carbocycles. The Hall–Kier alpha value is -1.49. The summed E-state index contributed by atoms with van der Waals surface area (Å²) in [4.78, 5) is 4.02. The summed E-state index contributed by atoms with van der Waals surface area (Å²) in [6.07, 6.45) is 1.88. The summed E-state index contributed by atoms with van der Waals surface area (Å²) < 4.78 is 27.3. The van der Waals surface area contributed by atoms with E-state index in [1.807, 2.05) is 6.92 Å². The van der Waals surface area contributed by atoms with Gasteiger partial charge in [0.25, 0.3) is 0 Å². The molecule has 1 N–H and O–H groups in total. The van der Waals surface area contributed by atoms with E-state index >= 15 is 0 Å².